The van der Waals surface area contributed by atoms with Crippen LogP contribution in [0, 0.1) is 0 Å². The predicted octanol–water partition coefficient (Wildman–Crippen LogP) is 5.16. The maximum atomic E-state index is 12.5. The lowest BCUT2D eigenvalue weighted by Gasteiger charge is -2.09. The molecule has 0 saturated heterocycles. The number of carbonyl (C=O) groups is 1. The smallest absolute Gasteiger partial charge is 0.255 e. The first-order valence-electron chi connectivity index (χ1n) is 8.64. The van der Waals surface area contributed by atoms with Crippen molar-refractivity contribution in [2.24, 2.45) is 0 Å². The Hall–Kier alpha value is -3.66. The molecule has 3 aromatic carbocycles. The van der Waals surface area contributed by atoms with Crippen LogP contribution < -0.4 is 10.1 Å². The van der Waals surface area contributed by atoms with E-state index in [4.69, 9.17) is 9.72 Å². The number of amides is 1. The van der Waals surface area contributed by atoms with Gasteiger partial charge in [-0.1, -0.05) is 42.5 Å². The van der Waals surface area contributed by atoms with Crippen LogP contribution in [0.2, 0.25) is 0 Å². The van der Waals surface area contributed by atoms with Crippen molar-refractivity contribution in [2.75, 3.05) is 12.4 Å². The second-order valence-electron chi connectivity index (χ2n) is 6.16. The van der Waals surface area contributed by atoms with Gasteiger partial charge in [0.15, 0.2) is 0 Å². The molecule has 4 heteroatoms. The number of aromatic nitrogens is 1. The summed E-state index contributed by atoms with van der Waals surface area (Å²) in [5.41, 5.74) is 4.02. The second-order valence-corrected chi connectivity index (χ2v) is 6.16. The molecule has 4 rings (SSSR count). The molecule has 27 heavy (non-hydrogen) atoms. The molecule has 1 aromatic heterocycles. The summed E-state index contributed by atoms with van der Waals surface area (Å²) < 4.78 is 5.18. The van der Waals surface area contributed by atoms with Gasteiger partial charge in [0.2, 0.25) is 0 Å². The van der Waals surface area contributed by atoms with Gasteiger partial charge in [0.1, 0.15) is 5.75 Å². The SMILES string of the molecule is COc1cccc(C(=O)Nc2cccc(-c3ccc4ccccc4n3)c2)c1. The van der Waals surface area contributed by atoms with Crippen LogP contribution in [0.15, 0.2) is 84.9 Å². The van der Waals surface area contributed by atoms with E-state index in [-0.39, 0.29) is 5.91 Å². The number of ether oxygens (including phenoxy) is 1. The van der Waals surface area contributed by atoms with Gasteiger partial charge in [0.05, 0.1) is 18.3 Å². The quantitative estimate of drug-likeness (QED) is 0.550. The third-order valence-corrected chi connectivity index (χ3v) is 4.35. The van der Waals surface area contributed by atoms with E-state index in [1.807, 2.05) is 60.7 Å². The van der Waals surface area contributed by atoms with Crippen LogP contribution in [0.3, 0.4) is 0 Å². The molecule has 132 valence electrons. The fraction of sp³-hybridized carbons (Fsp3) is 0.0435. The summed E-state index contributed by atoms with van der Waals surface area (Å²) in [6.07, 6.45) is 0. The van der Waals surface area contributed by atoms with E-state index >= 15 is 0 Å². The minimum absolute atomic E-state index is 0.183. The molecule has 0 spiro atoms. The largest absolute Gasteiger partial charge is 0.497 e. The van der Waals surface area contributed by atoms with E-state index in [0.29, 0.717) is 11.3 Å². The zero-order valence-corrected chi connectivity index (χ0v) is 14.8. The molecular weight excluding hydrogens is 336 g/mol. The van der Waals surface area contributed by atoms with Crippen molar-refractivity contribution < 1.29 is 9.53 Å². The number of nitrogens with one attached hydrogen (secondary N) is 1. The molecule has 0 unspecified atom stereocenters. The number of fused-ring (bicyclic) bond motifs is 1. The number of methoxy groups -OCH3 is 1. The van der Waals surface area contributed by atoms with E-state index < -0.39 is 0 Å². The summed E-state index contributed by atoms with van der Waals surface area (Å²) >= 11 is 0. The molecule has 4 aromatic rings. The van der Waals surface area contributed by atoms with Crippen molar-refractivity contribution in [1.29, 1.82) is 0 Å². The minimum atomic E-state index is -0.183. The molecule has 0 atom stereocenters. The Labute approximate surface area is 157 Å². The molecule has 0 aliphatic carbocycles. The first kappa shape index (κ1) is 16.8. The third-order valence-electron chi connectivity index (χ3n) is 4.35. The lowest BCUT2D eigenvalue weighted by molar-refractivity contribution is 0.102. The van der Waals surface area contributed by atoms with Gasteiger partial charge in [-0.3, -0.25) is 4.79 Å². The topological polar surface area (TPSA) is 51.2 Å². The predicted molar refractivity (Wildman–Crippen MR) is 108 cm³/mol. The molecule has 0 fully saturated rings. The highest BCUT2D eigenvalue weighted by Gasteiger charge is 2.08. The summed E-state index contributed by atoms with van der Waals surface area (Å²) in [4.78, 5) is 17.2. The Morgan fingerprint density at radius 2 is 1.74 bits per heavy atom. The first-order chi connectivity index (χ1) is 13.2. The number of para-hydroxylation sites is 1. The van der Waals surface area contributed by atoms with E-state index in [0.717, 1.165) is 27.8 Å². The van der Waals surface area contributed by atoms with Crippen molar-refractivity contribution in [3.05, 3.63) is 90.5 Å². The summed E-state index contributed by atoms with van der Waals surface area (Å²) in [7, 11) is 1.58. The Morgan fingerprint density at radius 3 is 2.63 bits per heavy atom. The van der Waals surface area contributed by atoms with Gasteiger partial charge in [0, 0.05) is 22.2 Å². The number of hydrogen-bond acceptors (Lipinski definition) is 3. The van der Waals surface area contributed by atoms with Gasteiger partial charge in [-0.2, -0.15) is 0 Å². The molecule has 0 bridgehead atoms. The van der Waals surface area contributed by atoms with E-state index in [9.17, 15) is 4.79 Å². The second kappa shape index (κ2) is 7.30. The zero-order valence-electron chi connectivity index (χ0n) is 14.8. The molecule has 4 nitrogen and oxygen atoms in total. The highest BCUT2D eigenvalue weighted by molar-refractivity contribution is 6.04. The molecule has 0 saturated carbocycles. The molecule has 1 heterocycles. The summed E-state index contributed by atoms with van der Waals surface area (Å²) in [5, 5.41) is 4.04. The van der Waals surface area contributed by atoms with E-state index in [2.05, 4.69) is 11.4 Å². The highest BCUT2D eigenvalue weighted by atomic mass is 16.5. The average molecular weight is 354 g/mol. The molecular formula is C23H18N2O2. The maximum Gasteiger partial charge on any atom is 0.255 e. The number of carbonyl (C=O) groups excluding carboxylic acids is 1. The normalized spacial score (nSPS) is 10.6. The van der Waals surface area contributed by atoms with Gasteiger partial charge >= 0.3 is 0 Å². The first-order valence-corrected chi connectivity index (χ1v) is 8.64. The van der Waals surface area contributed by atoms with Crippen LogP contribution in [-0.2, 0) is 0 Å². The molecule has 0 aliphatic heterocycles. The Bertz CT molecular complexity index is 1120. The van der Waals surface area contributed by atoms with Gasteiger partial charge < -0.3 is 10.1 Å². The van der Waals surface area contributed by atoms with Crippen molar-refractivity contribution in [2.45, 2.75) is 0 Å². The summed E-state index contributed by atoms with van der Waals surface area (Å²) in [5.74, 6) is 0.467. The van der Waals surface area contributed by atoms with E-state index in [1.54, 1.807) is 25.3 Å². The number of pyridine rings is 1. The van der Waals surface area contributed by atoms with E-state index in [1.165, 1.54) is 0 Å². The zero-order chi connectivity index (χ0) is 18.6. The van der Waals surface area contributed by atoms with Crippen LogP contribution >= 0.6 is 0 Å². The lowest BCUT2D eigenvalue weighted by atomic mass is 10.1. The molecule has 0 aliphatic rings. The number of rotatable bonds is 4. The monoisotopic (exact) mass is 354 g/mol. The van der Waals surface area contributed by atoms with Crippen molar-refractivity contribution in [3.63, 3.8) is 0 Å². The fourth-order valence-corrected chi connectivity index (χ4v) is 2.95. The Morgan fingerprint density at radius 1 is 0.889 bits per heavy atom. The summed E-state index contributed by atoms with van der Waals surface area (Å²) in [6.45, 7) is 0. The molecule has 0 radical (unpaired) electrons. The Kier molecular flexibility index (Phi) is 4.54. The fourth-order valence-electron chi connectivity index (χ4n) is 2.95. The van der Waals surface area contributed by atoms with Crippen LogP contribution in [0.5, 0.6) is 5.75 Å². The van der Waals surface area contributed by atoms with Gasteiger partial charge in [-0.05, 0) is 42.5 Å². The van der Waals surface area contributed by atoms with Gasteiger partial charge in [0.25, 0.3) is 5.91 Å². The minimum Gasteiger partial charge on any atom is -0.497 e. The average Bonchev–Trinajstić information content (AvgIpc) is 2.73. The number of hydrogen-bond donors (Lipinski definition) is 1. The molecule has 1 amide bonds. The highest BCUT2D eigenvalue weighted by Crippen LogP contribution is 2.24. The number of nitrogens with zero attached hydrogens (tertiary/aromatic N) is 1. The summed E-state index contributed by atoms with van der Waals surface area (Å²) in [6, 6.07) is 26.8. The van der Waals surface area contributed by atoms with Crippen LogP contribution in [0.4, 0.5) is 5.69 Å². The van der Waals surface area contributed by atoms with Crippen molar-refractivity contribution in [1.82, 2.24) is 4.98 Å². The lowest BCUT2D eigenvalue weighted by Crippen LogP contribution is -2.11. The van der Waals surface area contributed by atoms with Crippen LogP contribution in [0.25, 0.3) is 22.2 Å². The maximum absolute atomic E-state index is 12.5. The number of anilines is 1. The molecule has 1 N–H and O–H groups in total. The van der Waals surface area contributed by atoms with Crippen molar-refractivity contribution in [3.8, 4) is 17.0 Å². The van der Waals surface area contributed by atoms with Crippen LogP contribution in [-0.4, -0.2) is 18.0 Å². The third kappa shape index (κ3) is 3.65. The number of benzene rings is 3. The van der Waals surface area contributed by atoms with Gasteiger partial charge in [-0.15, -0.1) is 0 Å². The van der Waals surface area contributed by atoms with Crippen molar-refractivity contribution >= 4 is 22.5 Å². The van der Waals surface area contributed by atoms with Gasteiger partial charge in [-0.25, -0.2) is 4.98 Å². The standard InChI is InChI=1S/C23H18N2O2/c1-27-20-10-5-8-18(15-20)23(26)24-19-9-4-7-17(14-19)22-13-12-16-6-2-3-11-21(16)25-22/h2-15H,1H3,(H,24,26). The van der Waals surface area contributed by atoms with Crippen LogP contribution in [0.1, 0.15) is 10.4 Å². The Balaban J connectivity index is 1.60.